The Morgan fingerprint density at radius 2 is 1.67 bits per heavy atom. The number of halogens is 1. The summed E-state index contributed by atoms with van der Waals surface area (Å²) in [5.74, 6) is 0.675. The van der Waals surface area contributed by atoms with Crippen LogP contribution in [0.1, 0.15) is 0 Å². The molecule has 0 aliphatic rings. The molecule has 1 aromatic carbocycles. The molecule has 0 aliphatic carbocycles. The molecule has 0 unspecified atom stereocenters. The van der Waals surface area contributed by atoms with Gasteiger partial charge in [0.15, 0.2) is 0 Å². The fraction of sp³-hybridized carbons (Fsp3) is 0. The Morgan fingerprint density at radius 3 is 2.00 bits per heavy atom. The summed E-state index contributed by atoms with van der Waals surface area (Å²) in [6.07, 6.45) is 0. The minimum Gasteiger partial charge on any atom is -0.386 e. The normalized spacial score (nSPS) is 7.67. The van der Waals surface area contributed by atoms with E-state index in [1.807, 2.05) is 18.2 Å². The molecule has 1 aromatic rings. The van der Waals surface area contributed by atoms with Crippen molar-refractivity contribution >= 4 is 34.9 Å². The molecule has 1 rings (SSSR count). The van der Waals surface area contributed by atoms with E-state index >= 15 is 0 Å². The molecule has 42 valence electrons. The van der Waals surface area contributed by atoms with Crippen LogP contribution >= 0.6 is 11.9 Å². The van der Waals surface area contributed by atoms with Crippen LogP contribution in [0.3, 0.4) is 0 Å². The minimum absolute atomic E-state index is 0. The van der Waals surface area contributed by atoms with Crippen molar-refractivity contribution < 1.29 is 4.29 Å². The number of para-hydroxylation sites is 1. The molecule has 0 fully saturated rings. The van der Waals surface area contributed by atoms with Crippen LogP contribution in [0.2, 0.25) is 0 Å². The van der Waals surface area contributed by atoms with E-state index in [0.717, 1.165) is 0 Å². The molecule has 0 saturated carbocycles. The average molecular weight is 153 g/mol. The van der Waals surface area contributed by atoms with Crippen LogP contribution in [0.15, 0.2) is 30.3 Å². The number of benzene rings is 1. The molecule has 0 aliphatic heterocycles. The van der Waals surface area contributed by atoms with Crippen molar-refractivity contribution in [3.63, 3.8) is 0 Å². The van der Waals surface area contributed by atoms with E-state index in [1.165, 1.54) is 0 Å². The maximum absolute atomic E-state index is 5.03. The molecule has 9 heavy (non-hydrogen) atoms. The molecule has 0 radical (unpaired) electrons. The smallest absolute Gasteiger partial charge is 0.386 e. The standard InChI is InChI=1S/C6H5ClO.Mg/c7-8-6-4-2-1-3-5-6;/h1-5H;/q;+2. The van der Waals surface area contributed by atoms with E-state index in [-0.39, 0.29) is 23.1 Å². The molecule has 0 saturated heterocycles. The van der Waals surface area contributed by atoms with Crippen molar-refractivity contribution in [2.75, 3.05) is 0 Å². The molecule has 0 aromatic heterocycles. The van der Waals surface area contributed by atoms with Gasteiger partial charge >= 0.3 is 23.1 Å². The summed E-state index contributed by atoms with van der Waals surface area (Å²) in [6, 6.07) is 9.19. The first-order valence-electron chi connectivity index (χ1n) is 2.27. The number of rotatable bonds is 1. The fourth-order valence-corrected chi connectivity index (χ4v) is 0.575. The summed E-state index contributed by atoms with van der Waals surface area (Å²) < 4.78 is 4.39. The zero-order chi connectivity index (χ0) is 5.82. The van der Waals surface area contributed by atoms with Crippen LogP contribution in [-0.2, 0) is 0 Å². The van der Waals surface area contributed by atoms with Crippen LogP contribution < -0.4 is 4.29 Å². The summed E-state index contributed by atoms with van der Waals surface area (Å²) in [4.78, 5) is 0. The molecule has 0 heterocycles. The molecule has 0 spiro atoms. The van der Waals surface area contributed by atoms with E-state index in [2.05, 4.69) is 4.29 Å². The minimum atomic E-state index is 0. The molecule has 0 bridgehead atoms. The fourth-order valence-electron chi connectivity index (χ4n) is 0.472. The van der Waals surface area contributed by atoms with Gasteiger partial charge in [-0.2, -0.15) is 0 Å². The van der Waals surface area contributed by atoms with Crippen molar-refractivity contribution in [3.8, 4) is 5.75 Å². The van der Waals surface area contributed by atoms with Crippen LogP contribution in [-0.4, -0.2) is 23.1 Å². The second kappa shape index (κ2) is 4.91. The summed E-state index contributed by atoms with van der Waals surface area (Å²) >= 11 is 5.03. The molecule has 3 heteroatoms. The Balaban J connectivity index is 0.000000640. The Morgan fingerprint density at radius 1 is 1.11 bits per heavy atom. The van der Waals surface area contributed by atoms with Gasteiger partial charge in [-0.25, -0.2) is 0 Å². The van der Waals surface area contributed by atoms with Gasteiger partial charge in [-0.3, -0.25) is 0 Å². The Hall–Kier alpha value is 0.0762. The maximum atomic E-state index is 5.03. The van der Waals surface area contributed by atoms with Crippen LogP contribution in [0.4, 0.5) is 0 Å². The molecule has 0 atom stereocenters. The van der Waals surface area contributed by atoms with Gasteiger partial charge < -0.3 is 4.29 Å². The third kappa shape index (κ3) is 2.94. The summed E-state index contributed by atoms with van der Waals surface area (Å²) in [5, 5.41) is 0. The van der Waals surface area contributed by atoms with E-state index in [1.54, 1.807) is 12.1 Å². The predicted molar refractivity (Wildman–Crippen MR) is 38.7 cm³/mol. The SMILES string of the molecule is ClOc1ccccc1.[Mg+2]. The largest absolute Gasteiger partial charge is 2.00 e. The third-order valence-electron chi connectivity index (χ3n) is 0.832. The van der Waals surface area contributed by atoms with Gasteiger partial charge in [0.2, 0.25) is 0 Å². The van der Waals surface area contributed by atoms with Gasteiger partial charge in [-0.1, -0.05) is 18.2 Å². The first-order chi connectivity index (χ1) is 3.93. The van der Waals surface area contributed by atoms with Crippen molar-refractivity contribution in [1.82, 2.24) is 0 Å². The Kier molecular flexibility index (Phi) is 4.95. The van der Waals surface area contributed by atoms with Crippen molar-refractivity contribution in [2.45, 2.75) is 0 Å². The third-order valence-corrected chi connectivity index (χ3v) is 1.01. The number of hydrogen-bond acceptors (Lipinski definition) is 1. The maximum Gasteiger partial charge on any atom is 2.00 e. The van der Waals surface area contributed by atoms with Crippen molar-refractivity contribution in [3.05, 3.63) is 30.3 Å². The molecule has 0 N–H and O–H groups in total. The van der Waals surface area contributed by atoms with E-state index in [0.29, 0.717) is 5.75 Å². The Bertz CT molecular complexity index is 154. The number of hydrogen-bond donors (Lipinski definition) is 0. The second-order valence-corrected chi connectivity index (χ2v) is 1.54. The quantitative estimate of drug-likeness (QED) is 0.559. The van der Waals surface area contributed by atoms with Gasteiger partial charge in [0, 0.05) is 0 Å². The van der Waals surface area contributed by atoms with Gasteiger partial charge in [0.1, 0.15) is 17.6 Å². The van der Waals surface area contributed by atoms with Gasteiger partial charge in [0.05, 0.1) is 0 Å². The summed E-state index contributed by atoms with van der Waals surface area (Å²) in [7, 11) is 0. The second-order valence-electron chi connectivity index (χ2n) is 1.39. The zero-order valence-corrected chi connectivity index (χ0v) is 7.05. The monoisotopic (exact) mass is 152 g/mol. The molecular weight excluding hydrogens is 148 g/mol. The van der Waals surface area contributed by atoms with Crippen molar-refractivity contribution in [1.29, 1.82) is 0 Å². The predicted octanol–water partition coefficient (Wildman–Crippen LogP) is 1.84. The summed E-state index contributed by atoms with van der Waals surface area (Å²) in [6.45, 7) is 0. The van der Waals surface area contributed by atoms with E-state index in [9.17, 15) is 0 Å². The van der Waals surface area contributed by atoms with Crippen LogP contribution in [0, 0.1) is 0 Å². The summed E-state index contributed by atoms with van der Waals surface area (Å²) in [5.41, 5.74) is 0. The van der Waals surface area contributed by atoms with Gasteiger partial charge in [-0.05, 0) is 12.1 Å². The Labute approximate surface area is 75.3 Å². The first kappa shape index (κ1) is 9.08. The van der Waals surface area contributed by atoms with Crippen LogP contribution in [0.5, 0.6) is 5.75 Å². The molecule has 0 amide bonds. The van der Waals surface area contributed by atoms with E-state index < -0.39 is 0 Å². The van der Waals surface area contributed by atoms with E-state index in [4.69, 9.17) is 11.9 Å². The zero-order valence-electron chi connectivity index (χ0n) is 4.88. The van der Waals surface area contributed by atoms with Crippen LogP contribution in [0.25, 0.3) is 0 Å². The molecular formula is C6H5ClMgO+2. The van der Waals surface area contributed by atoms with Gasteiger partial charge in [-0.15, -0.1) is 0 Å². The van der Waals surface area contributed by atoms with Gasteiger partial charge in [0.25, 0.3) is 0 Å². The first-order valence-corrected chi connectivity index (χ1v) is 2.58. The topological polar surface area (TPSA) is 9.23 Å². The molecule has 1 nitrogen and oxygen atoms in total. The average Bonchev–Trinajstić information content (AvgIpc) is 1.90. The van der Waals surface area contributed by atoms with Crippen molar-refractivity contribution in [2.24, 2.45) is 0 Å².